The predicted octanol–water partition coefficient (Wildman–Crippen LogP) is 2.66. The van der Waals surface area contributed by atoms with Gasteiger partial charge >= 0.3 is 0 Å². The number of hydrogen-bond donors (Lipinski definition) is 0. The van der Waals surface area contributed by atoms with Gasteiger partial charge in [0.15, 0.2) is 5.78 Å². The van der Waals surface area contributed by atoms with Crippen LogP contribution in [0.4, 0.5) is 13.2 Å². The van der Waals surface area contributed by atoms with Gasteiger partial charge in [-0.05, 0) is 12.1 Å². The molecule has 0 atom stereocenters. The quantitative estimate of drug-likeness (QED) is 0.666. The van der Waals surface area contributed by atoms with Crippen molar-refractivity contribution in [2.75, 3.05) is 0 Å². The first-order chi connectivity index (χ1) is 6.09. The van der Waals surface area contributed by atoms with Crippen molar-refractivity contribution in [1.29, 1.82) is 0 Å². The average molecular weight is 188 g/mol. The van der Waals surface area contributed by atoms with Crippen LogP contribution < -0.4 is 0 Å². The van der Waals surface area contributed by atoms with E-state index < -0.39 is 24.4 Å². The van der Waals surface area contributed by atoms with E-state index in [9.17, 15) is 18.0 Å². The molecule has 4 heteroatoms. The van der Waals surface area contributed by atoms with Crippen LogP contribution in [0.3, 0.4) is 0 Å². The van der Waals surface area contributed by atoms with Crippen LogP contribution in [0.15, 0.2) is 24.3 Å². The van der Waals surface area contributed by atoms with E-state index in [1.54, 1.807) is 0 Å². The zero-order valence-electron chi connectivity index (χ0n) is 6.64. The highest BCUT2D eigenvalue weighted by atomic mass is 19.3. The Hall–Kier alpha value is -1.32. The molecule has 0 aliphatic rings. The van der Waals surface area contributed by atoms with E-state index in [-0.39, 0.29) is 5.56 Å². The van der Waals surface area contributed by atoms with E-state index in [4.69, 9.17) is 0 Å². The third kappa shape index (κ3) is 2.89. The molecule has 13 heavy (non-hydrogen) atoms. The molecule has 1 nitrogen and oxygen atoms in total. The number of ketones is 1. The predicted molar refractivity (Wildman–Crippen MR) is 41.4 cm³/mol. The van der Waals surface area contributed by atoms with Crippen molar-refractivity contribution in [3.63, 3.8) is 0 Å². The lowest BCUT2D eigenvalue weighted by molar-refractivity contribution is 0.0829. The molecule has 0 amide bonds. The van der Waals surface area contributed by atoms with Crippen molar-refractivity contribution >= 4 is 5.78 Å². The summed E-state index contributed by atoms with van der Waals surface area (Å²) in [7, 11) is 0. The highest BCUT2D eigenvalue weighted by molar-refractivity contribution is 5.96. The molecule has 0 spiro atoms. The highest BCUT2D eigenvalue weighted by Gasteiger charge is 2.12. The summed E-state index contributed by atoms with van der Waals surface area (Å²) in [5, 5.41) is 0. The number of benzene rings is 1. The van der Waals surface area contributed by atoms with E-state index in [0.717, 1.165) is 12.1 Å². The molecule has 0 bridgehead atoms. The van der Waals surface area contributed by atoms with E-state index in [1.807, 2.05) is 0 Å². The second-order valence-electron chi connectivity index (χ2n) is 2.53. The van der Waals surface area contributed by atoms with Crippen LogP contribution in [0, 0.1) is 5.82 Å². The minimum absolute atomic E-state index is 0.0136. The first-order valence-corrected chi connectivity index (χ1v) is 3.66. The van der Waals surface area contributed by atoms with Crippen LogP contribution in [-0.4, -0.2) is 12.2 Å². The fraction of sp³-hybridized carbons (Fsp3) is 0.222. The molecule has 1 rings (SSSR count). The molecule has 0 fully saturated rings. The zero-order valence-corrected chi connectivity index (χ0v) is 6.64. The number of alkyl halides is 2. The van der Waals surface area contributed by atoms with Crippen LogP contribution in [-0.2, 0) is 0 Å². The number of rotatable bonds is 3. The molecule has 0 radical (unpaired) electrons. The summed E-state index contributed by atoms with van der Waals surface area (Å²) in [4.78, 5) is 11.0. The number of Topliss-reactive ketones (excluding diaryl/α,β-unsaturated/α-hetero) is 1. The van der Waals surface area contributed by atoms with Gasteiger partial charge in [-0.1, -0.05) is 12.1 Å². The zero-order chi connectivity index (χ0) is 9.84. The lowest BCUT2D eigenvalue weighted by Gasteiger charge is -1.99. The smallest absolute Gasteiger partial charge is 0.245 e. The topological polar surface area (TPSA) is 17.1 Å². The normalized spacial score (nSPS) is 10.5. The molecule has 0 heterocycles. The van der Waals surface area contributed by atoms with Crippen molar-refractivity contribution in [3.05, 3.63) is 35.6 Å². The van der Waals surface area contributed by atoms with Gasteiger partial charge in [-0.2, -0.15) is 0 Å². The summed E-state index contributed by atoms with van der Waals surface area (Å²) in [6.07, 6.45) is -3.54. The monoisotopic (exact) mass is 188 g/mol. The third-order valence-corrected chi connectivity index (χ3v) is 1.49. The van der Waals surface area contributed by atoms with Gasteiger partial charge in [-0.3, -0.25) is 4.79 Å². The molecule has 0 saturated heterocycles. The molecule has 0 aromatic heterocycles. The molecule has 1 aromatic rings. The maximum absolute atomic E-state index is 12.5. The lowest BCUT2D eigenvalue weighted by Crippen LogP contribution is -2.05. The van der Waals surface area contributed by atoms with E-state index in [0.29, 0.717) is 0 Å². The van der Waals surface area contributed by atoms with Gasteiger partial charge in [-0.15, -0.1) is 0 Å². The summed E-state index contributed by atoms with van der Waals surface area (Å²) in [6.45, 7) is 0. The van der Waals surface area contributed by atoms with Gasteiger partial charge in [0.2, 0.25) is 6.43 Å². The second-order valence-corrected chi connectivity index (χ2v) is 2.53. The molecular weight excluding hydrogens is 181 g/mol. The van der Waals surface area contributed by atoms with Crippen LogP contribution >= 0.6 is 0 Å². The van der Waals surface area contributed by atoms with Crippen LogP contribution in [0.1, 0.15) is 16.8 Å². The fourth-order valence-electron chi connectivity index (χ4n) is 0.920. The van der Waals surface area contributed by atoms with Gasteiger partial charge in [0.1, 0.15) is 5.82 Å². The summed E-state index contributed by atoms with van der Waals surface area (Å²) < 4.78 is 36.0. The lowest BCUT2D eigenvalue weighted by atomic mass is 10.1. The minimum atomic E-state index is -2.68. The Labute approximate surface area is 73.2 Å². The Morgan fingerprint density at radius 3 is 2.62 bits per heavy atom. The Bertz CT molecular complexity index is 309. The summed E-state index contributed by atoms with van der Waals surface area (Å²) in [6, 6.07) is 4.73. The third-order valence-electron chi connectivity index (χ3n) is 1.49. The molecule has 1 aromatic carbocycles. The van der Waals surface area contributed by atoms with E-state index >= 15 is 0 Å². The maximum atomic E-state index is 12.5. The molecule has 0 saturated carbocycles. The average Bonchev–Trinajstić information content (AvgIpc) is 2.03. The van der Waals surface area contributed by atoms with Crippen molar-refractivity contribution < 1.29 is 18.0 Å². The Kier molecular flexibility index (Phi) is 3.06. The van der Waals surface area contributed by atoms with Crippen molar-refractivity contribution in [3.8, 4) is 0 Å². The SMILES string of the molecule is O=C(CC(F)F)c1cccc(F)c1. The molecule has 0 aliphatic carbocycles. The van der Waals surface area contributed by atoms with E-state index in [1.165, 1.54) is 12.1 Å². The van der Waals surface area contributed by atoms with Crippen LogP contribution in [0.2, 0.25) is 0 Å². The standard InChI is InChI=1S/C9H7F3O/c10-7-3-1-2-6(4-7)8(13)5-9(11)12/h1-4,9H,5H2. The molecular formula is C9H7F3O. The molecule has 0 unspecified atom stereocenters. The largest absolute Gasteiger partial charge is 0.294 e. The fourth-order valence-corrected chi connectivity index (χ4v) is 0.920. The van der Waals surface area contributed by atoms with Gasteiger partial charge in [0.25, 0.3) is 0 Å². The highest BCUT2D eigenvalue weighted by Crippen LogP contribution is 2.09. The first-order valence-electron chi connectivity index (χ1n) is 3.66. The molecule has 0 aliphatic heterocycles. The minimum Gasteiger partial charge on any atom is -0.294 e. The molecule has 0 N–H and O–H groups in total. The second kappa shape index (κ2) is 4.07. The summed E-state index contributed by atoms with van der Waals surface area (Å²) in [5.41, 5.74) is -0.0136. The van der Waals surface area contributed by atoms with Crippen molar-refractivity contribution in [2.24, 2.45) is 0 Å². The Balaban J connectivity index is 2.77. The number of hydrogen-bond acceptors (Lipinski definition) is 1. The Morgan fingerprint density at radius 2 is 2.08 bits per heavy atom. The number of carbonyl (C=O) groups excluding carboxylic acids is 1. The van der Waals surface area contributed by atoms with Gasteiger partial charge in [-0.25, -0.2) is 13.2 Å². The number of carbonyl (C=O) groups is 1. The number of halogens is 3. The van der Waals surface area contributed by atoms with Crippen molar-refractivity contribution in [2.45, 2.75) is 12.8 Å². The van der Waals surface area contributed by atoms with Crippen LogP contribution in [0.5, 0.6) is 0 Å². The summed E-state index contributed by atoms with van der Waals surface area (Å²) >= 11 is 0. The van der Waals surface area contributed by atoms with E-state index in [2.05, 4.69) is 0 Å². The van der Waals surface area contributed by atoms with Crippen molar-refractivity contribution in [1.82, 2.24) is 0 Å². The van der Waals surface area contributed by atoms with Crippen LogP contribution in [0.25, 0.3) is 0 Å². The van der Waals surface area contributed by atoms with Gasteiger partial charge in [0.05, 0.1) is 6.42 Å². The molecule has 70 valence electrons. The van der Waals surface area contributed by atoms with Gasteiger partial charge in [0, 0.05) is 5.56 Å². The Morgan fingerprint density at radius 1 is 1.38 bits per heavy atom. The first kappa shape index (κ1) is 9.77. The summed E-state index contributed by atoms with van der Waals surface area (Å²) in [5.74, 6) is -1.34. The van der Waals surface area contributed by atoms with Gasteiger partial charge < -0.3 is 0 Å². The maximum Gasteiger partial charge on any atom is 0.245 e.